The summed E-state index contributed by atoms with van der Waals surface area (Å²) >= 11 is 5.95. The van der Waals surface area contributed by atoms with Crippen molar-refractivity contribution in [1.29, 1.82) is 0 Å². The topological polar surface area (TPSA) is 83.6 Å². The largest absolute Gasteiger partial charge is 0.341 e. The van der Waals surface area contributed by atoms with Gasteiger partial charge in [-0.1, -0.05) is 32.4 Å². The first-order valence-electron chi connectivity index (χ1n) is 5.52. The number of hydrogen-bond donors (Lipinski definition) is 2. The van der Waals surface area contributed by atoms with Crippen molar-refractivity contribution in [3.8, 4) is 0 Å². The number of H-pyrrole nitrogens is 1. The number of rotatable bonds is 2. The molecule has 0 aliphatic rings. The van der Waals surface area contributed by atoms with E-state index in [4.69, 9.17) is 11.6 Å². The first-order valence-corrected chi connectivity index (χ1v) is 5.89. The standard InChI is InChI=1S/C11H14ClN5O/c1-11(2,3)4-6(18)15-10-16-8(12)7-9(17-10)14-5-13-7/h5H,4H2,1-3H3,(H2,13,14,15,16,17,18). The molecule has 0 fully saturated rings. The van der Waals surface area contributed by atoms with Gasteiger partial charge in [0.25, 0.3) is 0 Å². The third-order valence-corrected chi connectivity index (χ3v) is 2.46. The van der Waals surface area contributed by atoms with Gasteiger partial charge in [0, 0.05) is 6.42 Å². The van der Waals surface area contributed by atoms with E-state index in [0.717, 1.165) is 0 Å². The predicted octanol–water partition coefficient (Wildman–Crippen LogP) is 2.38. The number of hydrogen-bond acceptors (Lipinski definition) is 4. The Morgan fingerprint density at radius 2 is 2.17 bits per heavy atom. The number of halogens is 1. The lowest BCUT2D eigenvalue weighted by atomic mass is 9.92. The highest BCUT2D eigenvalue weighted by atomic mass is 35.5. The molecule has 2 aromatic heterocycles. The Balaban J connectivity index is 2.19. The molecule has 2 aromatic rings. The molecule has 0 saturated carbocycles. The lowest BCUT2D eigenvalue weighted by Crippen LogP contribution is -2.20. The van der Waals surface area contributed by atoms with E-state index in [2.05, 4.69) is 25.3 Å². The second kappa shape index (κ2) is 4.53. The number of fused-ring (bicyclic) bond motifs is 1. The fraction of sp³-hybridized carbons (Fsp3) is 0.455. The van der Waals surface area contributed by atoms with Crippen LogP contribution in [-0.4, -0.2) is 25.8 Å². The molecule has 7 heteroatoms. The van der Waals surface area contributed by atoms with Crippen LogP contribution in [0.25, 0.3) is 11.2 Å². The zero-order valence-corrected chi connectivity index (χ0v) is 11.2. The summed E-state index contributed by atoms with van der Waals surface area (Å²) < 4.78 is 0. The van der Waals surface area contributed by atoms with E-state index in [9.17, 15) is 4.79 Å². The molecule has 0 aromatic carbocycles. The SMILES string of the molecule is CC(C)(C)CC(=O)Nc1nc(Cl)c2[nH]cnc2n1. The van der Waals surface area contributed by atoms with Crippen molar-refractivity contribution < 1.29 is 4.79 Å². The number of nitrogens with one attached hydrogen (secondary N) is 2. The molecule has 6 nitrogen and oxygen atoms in total. The van der Waals surface area contributed by atoms with Gasteiger partial charge in [-0.15, -0.1) is 0 Å². The molecule has 96 valence electrons. The van der Waals surface area contributed by atoms with E-state index in [-0.39, 0.29) is 22.4 Å². The average molecular weight is 268 g/mol. The van der Waals surface area contributed by atoms with Gasteiger partial charge in [0.05, 0.1) is 6.33 Å². The van der Waals surface area contributed by atoms with Crippen molar-refractivity contribution in [3.63, 3.8) is 0 Å². The number of aromatic nitrogens is 4. The van der Waals surface area contributed by atoms with Gasteiger partial charge in [-0.05, 0) is 5.41 Å². The number of amides is 1. The number of anilines is 1. The fourth-order valence-corrected chi connectivity index (χ4v) is 1.72. The zero-order valence-electron chi connectivity index (χ0n) is 10.4. The summed E-state index contributed by atoms with van der Waals surface area (Å²) in [5, 5.41) is 2.86. The first-order chi connectivity index (χ1) is 8.35. The van der Waals surface area contributed by atoms with Crippen molar-refractivity contribution in [3.05, 3.63) is 11.5 Å². The normalized spacial score (nSPS) is 11.8. The summed E-state index contributed by atoms with van der Waals surface area (Å²) in [6.45, 7) is 5.95. The van der Waals surface area contributed by atoms with Gasteiger partial charge < -0.3 is 4.98 Å². The molecule has 2 heterocycles. The highest BCUT2D eigenvalue weighted by Crippen LogP contribution is 2.21. The van der Waals surface area contributed by atoms with Crippen LogP contribution < -0.4 is 5.32 Å². The lowest BCUT2D eigenvalue weighted by Gasteiger charge is -2.16. The van der Waals surface area contributed by atoms with Crippen LogP contribution in [0.1, 0.15) is 27.2 Å². The van der Waals surface area contributed by atoms with Crippen molar-refractivity contribution in [2.75, 3.05) is 5.32 Å². The second-order valence-electron chi connectivity index (χ2n) is 5.22. The number of aromatic amines is 1. The van der Waals surface area contributed by atoms with Crippen LogP contribution in [0.15, 0.2) is 6.33 Å². The smallest absolute Gasteiger partial charge is 0.233 e. The average Bonchev–Trinajstić information content (AvgIpc) is 2.62. The molecule has 1 amide bonds. The van der Waals surface area contributed by atoms with Crippen LogP contribution in [0, 0.1) is 5.41 Å². The molecule has 0 bridgehead atoms. The molecular weight excluding hydrogens is 254 g/mol. The molecule has 2 N–H and O–H groups in total. The molecule has 18 heavy (non-hydrogen) atoms. The molecule has 2 rings (SSSR count). The molecule has 0 aliphatic heterocycles. The summed E-state index contributed by atoms with van der Waals surface area (Å²) in [5.41, 5.74) is 0.899. The first kappa shape index (κ1) is 12.8. The minimum absolute atomic E-state index is 0.0929. The zero-order chi connectivity index (χ0) is 13.3. The summed E-state index contributed by atoms with van der Waals surface area (Å²) in [6.07, 6.45) is 1.86. The van der Waals surface area contributed by atoms with E-state index in [1.807, 2.05) is 20.8 Å². The Morgan fingerprint density at radius 3 is 2.83 bits per heavy atom. The Kier molecular flexibility index (Phi) is 3.21. The van der Waals surface area contributed by atoms with Gasteiger partial charge in [-0.25, -0.2) is 4.98 Å². The van der Waals surface area contributed by atoms with Gasteiger partial charge in [-0.3, -0.25) is 10.1 Å². The van der Waals surface area contributed by atoms with Gasteiger partial charge >= 0.3 is 0 Å². The molecular formula is C11H14ClN5O. The van der Waals surface area contributed by atoms with Crippen LogP contribution in [0.5, 0.6) is 0 Å². The van der Waals surface area contributed by atoms with Gasteiger partial charge in [0.15, 0.2) is 10.8 Å². The van der Waals surface area contributed by atoms with Crippen molar-refractivity contribution in [1.82, 2.24) is 19.9 Å². The molecule has 0 aliphatic carbocycles. The summed E-state index contributed by atoms with van der Waals surface area (Å²) in [7, 11) is 0. The van der Waals surface area contributed by atoms with Gasteiger partial charge in [0.2, 0.25) is 11.9 Å². The van der Waals surface area contributed by atoms with E-state index < -0.39 is 0 Å². The monoisotopic (exact) mass is 267 g/mol. The fourth-order valence-electron chi connectivity index (χ4n) is 1.50. The molecule has 0 spiro atoms. The Hall–Kier alpha value is -1.69. The van der Waals surface area contributed by atoms with Crippen LogP contribution in [0.4, 0.5) is 5.95 Å². The van der Waals surface area contributed by atoms with E-state index in [1.54, 1.807) is 0 Å². The quantitative estimate of drug-likeness (QED) is 0.818. The van der Waals surface area contributed by atoms with Crippen molar-refractivity contribution in [2.45, 2.75) is 27.2 Å². The Morgan fingerprint density at radius 1 is 1.44 bits per heavy atom. The molecule has 0 radical (unpaired) electrons. The number of carbonyl (C=O) groups is 1. The third-order valence-electron chi connectivity index (χ3n) is 2.18. The maximum atomic E-state index is 11.8. The predicted molar refractivity (Wildman–Crippen MR) is 69.4 cm³/mol. The lowest BCUT2D eigenvalue weighted by molar-refractivity contribution is -0.117. The minimum Gasteiger partial charge on any atom is -0.341 e. The van der Waals surface area contributed by atoms with Crippen LogP contribution in [-0.2, 0) is 4.79 Å². The maximum Gasteiger partial charge on any atom is 0.233 e. The Labute approximate surface area is 109 Å². The number of carbonyl (C=O) groups excluding carboxylic acids is 1. The summed E-state index contributed by atoms with van der Waals surface area (Å²) in [4.78, 5) is 26.6. The summed E-state index contributed by atoms with van der Waals surface area (Å²) in [5.74, 6) is 0.0299. The van der Waals surface area contributed by atoms with Crippen LogP contribution >= 0.6 is 11.6 Å². The van der Waals surface area contributed by atoms with E-state index in [0.29, 0.717) is 17.6 Å². The van der Waals surface area contributed by atoms with E-state index in [1.165, 1.54) is 6.33 Å². The highest BCUT2D eigenvalue weighted by Gasteiger charge is 2.17. The number of nitrogens with zero attached hydrogens (tertiary/aromatic N) is 3. The van der Waals surface area contributed by atoms with Crippen LogP contribution in [0.2, 0.25) is 5.15 Å². The van der Waals surface area contributed by atoms with Crippen molar-refractivity contribution >= 4 is 34.6 Å². The van der Waals surface area contributed by atoms with Gasteiger partial charge in [0.1, 0.15) is 5.52 Å². The highest BCUT2D eigenvalue weighted by molar-refractivity contribution is 6.33. The van der Waals surface area contributed by atoms with Gasteiger partial charge in [-0.2, -0.15) is 9.97 Å². The van der Waals surface area contributed by atoms with Crippen LogP contribution in [0.3, 0.4) is 0 Å². The minimum atomic E-state index is -0.145. The van der Waals surface area contributed by atoms with Crippen molar-refractivity contribution in [2.24, 2.45) is 5.41 Å². The number of imidazole rings is 1. The molecule has 0 atom stereocenters. The van der Waals surface area contributed by atoms with E-state index >= 15 is 0 Å². The maximum absolute atomic E-state index is 11.8. The Bertz CT molecular complexity index is 587. The third kappa shape index (κ3) is 2.95. The second-order valence-corrected chi connectivity index (χ2v) is 5.58. The molecule has 0 saturated heterocycles. The molecule has 0 unspecified atom stereocenters. The summed E-state index contributed by atoms with van der Waals surface area (Å²) in [6, 6.07) is 0.